The number of fused-ring (bicyclic) bond motifs is 1. The summed E-state index contributed by atoms with van der Waals surface area (Å²) in [6.07, 6.45) is -3.03. The van der Waals surface area contributed by atoms with Gasteiger partial charge in [0.2, 0.25) is 7.44 Å². The van der Waals surface area contributed by atoms with Gasteiger partial charge in [0, 0.05) is 0 Å². The Morgan fingerprint density at radius 2 is 1.90 bits per heavy atom. The maximum Gasteiger partial charge on any atom is 0.408 e. The minimum Gasteiger partial charge on any atom is -0.464 e. The van der Waals surface area contributed by atoms with Gasteiger partial charge in [-0.1, -0.05) is 31.2 Å². The lowest BCUT2D eigenvalue weighted by Crippen LogP contribution is -2.50. The SMILES string of the molecule is [C-]#[N+]c1ccc([C@@H](NP(=O)(CO[C@H](C)Cn2cnc3c(N)ncnc32)NC(C)(C)C(=O)OCCC)C(F)(F)F)cc1. The van der Waals surface area contributed by atoms with Crippen molar-refractivity contribution in [2.24, 2.45) is 0 Å². The smallest absolute Gasteiger partial charge is 0.408 e. The van der Waals surface area contributed by atoms with Crippen LogP contribution in [0.25, 0.3) is 16.0 Å². The Kier molecular flexibility index (Phi) is 10.1. The number of benzene rings is 1. The van der Waals surface area contributed by atoms with E-state index in [4.69, 9.17) is 21.8 Å². The quantitative estimate of drug-likeness (QED) is 0.144. The third kappa shape index (κ3) is 8.23. The molecule has 0 amide bonds. The van der Waals surface area contributed by atoms with Gasteiger partial charge >= 0.3 is 12.1 Å². The number of nitrogens with zero attached hydrogens (tertiary/aromatic N) is 5. The average Bonchev–Trinajstić information content (AvgIpc) is 3.32. The van der Waals surface area contributed by atoms with E-state index in [1.807, 2.05) is 0 Å². The number of carbonyl (C=O) groups is 1. The molecule has 0 saturated carbocycles. The molecule has 12 nitrogen and oxygen atoms in total. The van der Waals surface area contributed by atoms with E-state index in [2.05, 4.69) is 30.0 Å². The van der Waals surface area contributed by atoms with Crippen molar-refractivity contribution in [1.82, 2.24) is 29.7 Å². The van der Waals surface area contributed by atoms with Gasteiger partial charge in [-0.15, -0.1) is 0 Å². The number of nitrogens with two attached hydrogens (primary N) is 1. The normalized spacial score (nSPS) is 15.2. The zero-order valence-electron chi connectivity index (χ0n) is 23.0. The fourth-order valence-corrected chi connectivity index (χ4v) is 6.23. The van der Waals surface area contributed by atoms with Gasteiger partial charge in [-0.2, -0.15) is 13.2 Å². The third-order valence-corrected chi connectivity index (χ3v) is 7.96. The van der Waals surface area contributed by atoms with Crippen LogP contribution in [-0.4, -0.2) is 56.3 Å². The van der Waals surface area contributed by atoms with Crippen LogP contribution in [0.4, 0.5) is 24.7 Å². The first-order valence-corrected chi connectivity index (χ1v) is 14.5. The van der Waals surface area contributed by atoms with E-state index >= 15 is 0 Å². The summed E-state index contributed by atoms with van der Waals surface area (Å²) in [4.78, 5) is 28.1. The summed E-state index contributed by atoms with van der Waals surface area (Å²) in [6.45, 7) is 13.4. The molecular formula is C25H32F3N8O4P. The summed E-state index contributed by atoms with van der Waals surface area (Å²) in [6, 6.07) is 2.32. The number of ether oxygens (including phenoxy) is 2. The van der Waals surface area contributed by atoms with E-state index in [1.54, 1.807) is 18.4 Å². The molecule has 4 N–H and O–H groups in total. The lowest BCUT2D eigenvalue weighted by molar-refractivity contribution is -0.153. The van der Waals surface area contributed by atoms with Crippen LogP contribution in [0, 0.1) is 6.57 Å². The van der Waals surface area contributed by atoms with Crippen LogP contribution < -0.4 is 15.9 Å². The number of alkyl halides is 3. The summed E-state index contributed by atoms with van der Waals surface area (Å²) in [5.41, 5.74) is 4.86. The highest BCUT2D eigenvalue weighted by Crippen LogP contribution is 2.46. The number of esters is 1. The van der Waals surface area contributed by atoms with E-state index in [1.165, 1.54) is 38.6 Å². The average molecular weight is 597 g/mol. The maximum atomic E-state index is 14.3. The van der Waals surface area contributed by atoms with Crippen LogP contribution in [0.1, 0.15) is 45.7 Å². The Bertz CT molecular complexity index is 1440. The van der Waals surface area contributed by atoms with Gasteiger partial charge in [-0.25, -0.2) is 30.0 Å². The summed E-state index contributed by atoms with van der Waals surface area (Å²) in [7, 11) is -4.34. The molecule has 0 saturated heterocycles. The van der Waals surface area contributed by atoms with Gasteiger partial charge in [0.05, 0.1) is 32.2 Å². The molecule has 41 heavy (non-hydrogen) atoms. The molecule has 0 spiro atoms. The van der Waals surface area contributed by atoms with Crippen molar-refractivity contribution in [3.05, 3.63) is 53.9 Å². The number of anilines is 1. The minimum atomic E-state index is -4.88. The van der Waals surface area contributed by atoms with E-state index in [0.717, 1.165) is 12.1 Å². The molecule has 222 valence electrons. The van der Waals surface area contributed by atoms with Crippen molar-refractivity contribution in [2.75, 3.05) is 18.7 Å². The lowest BCUT2D eigenvalue weighted by Gasteiger charge is -2.34. The van der Waals surface area contributed by atoms with Crippen LogP contribution in [0.15, 0.2) is 36.9 Å². The van der Waals surface area contributed by atoms with Crippen molar-refractivity contribution >= 4 is 36.1 Å². The largest absolute Gasteiger partial charge is 0.464 e. The molecule has 0 fully saturated rings. The first-order valence-electron chi connectivity index (χ1n) is 12.6. The van der Waals surface area contributed by atoms with E-state index < -0.39 is 43.6 Å². The van der Waals surface area contributed by atoms with Gasteiger partial charge in [-0.05, 0) is 32.8 Å². The number of rotatable bonds is 13. The molecule has 0 aliphatic heterocycles. The highest BCUT2D eigenvalue weighted by molar-refractivity contribution is 7.59. The minimum absolute atomic E-state index is 0.0840. The maximum absolute atomic E-state index is 14.3. The number of hydrogen-bond donors (Lipinski definition) is 3. The molecule has 16 heteroatoms. The van der Waals surface area contributed by atoms with Gasteiger partial charge in [0.15, 0.2) is 17.2 Å². The van der Waals surface area contributed by atoms with E-state index in [0.29, 0.717) is 17.6 Å². The van der Waals surface area contributed by atoms with Crippen molar-refractivity contribution < 1.29 is 32.0 Å². The van der Waals surface area contributed by atoms with Gasteiger partial charge in [0.25, 0.3) is 0 Å². The highest BCUT2D eigenvalue weighted by Gasteiger charge is 2.47. The first kappa shape index (κ1) is 32.0. The monoisotopic (exact) mass is 596 g/mol. The first-order chi connectivity index (χ1) is 19.2. The Hall–Kier alpha value is -3.57. The Balaban J connectivity index is 1.88. The Morgan fingerprint density at radius 3 is 2.51 bits per heavy atom. The molecule has 3 rings (SSSR count). The Labute approximate surface area is 235 Å². The molecule has 1 aromatic carbocycles. The van der Waals surface area contributed by atoms with Crippen molar-refractivity contribution in [1.29, 1.82) is 0 Å². The van der Waals surface area contributed by atoms with Crippen LogP contribution in [0.5, 0.6) is 0 Å². The molecule has 3 atom stereocenters. The van der Waals surface area contributed by atoms with Gasteiger partial charge in [-0.3, -0.25) is 9.36 Å². The van der Waals surface area contributed by atoms with Gasteiger partial charge in [0.1, 0.15) is 29.8 Å². The molecule has 0 radical (unpaired) electrons. The molecule has 2 aromatic heterocycles. The third-order valence-electron chi connectivity index (χ3n) is 5.85. The van der Waals surface area contributed by atoms with Crippen LogP contribution in [0.2, 0.25) is 0 Å². The zero-order valence-corrected chi connectivity index (χ0v) is 23.9. The number of aromatic nitrogens is 4. The fourth-order valence-electron chi connectivity index (χ4n) is 3.85. The number of nitrogen functional groups attached to an aromatic ring is 1. The van der Waals surface area contributed by atoms with E-state index in [-0.39, 0.29) is 30.2 Å². The lowest BCUT2D eigenvalue weighted by atomic mass is 10.1. The second-order valence-corrected chi connectivity index (χ2v) is 12.1. The number of carbonyl (C=O) groups excluding carboxylic acids is 1. The van der Waals surface area contributed by atoms with E-state index in [9.17, 15) is 22.5 Å². The number of imidazole rings is 1. The Morgan fingerprint density at radius 1 is 1.22 bits per heavy atom. The molecular weight excluding hydrogens is 564 g/mol. The topological polar surface area (TPSA) is 151 Å². The van der Waals surface area contributed by atoms with Gasteiger partial charge < -0.3 is 19.8 Å². The summed E-state index contributed by atoms with van der Waals surface area (Å²) in [5, 5.41) is 4.76. The van der Waals surface area contributed by atoms with Crippen molar-refractivity contribution in [3.8, 4) is 0 Å². The predicted octanol–water partition coefficient (Wildman–Crippen LogP) is 4.73. The van der Waals surface area contributed by atoms with Crippen molar-refractivity contribution in [3.63, 3.8) is 0 Å². The standard InChI is InChI=1S/C25H32F3N8O4P/c1-6-11-39-23(37)24(3,4)35-41(38,34-20(25(26,27)28)17-7-9-18(30-5)10-8-17)15-40-16(2)12-36-14-33-19-21(29)31-13-32-22(19)36/h7-10,13-14,16,20H,6,11-12,15H2,1-4H3,(H2,29,31,32)(H2,34,35,38)/t16-,20-,41?/m1/s1. The second kappa shape index (κ2) is 12.9. The number of halogens is 3. The molecule has 3 aromatic rings. The fraction of sp³-hybridized carbons (Fsp3) is 0.480. The summed E-state index contributed by atoms with van der Waals surface area (Å²) < 4.78 is 69.5. The zero-order chi connectivity index (χ0) is 30.4. The van der Waals surface area contributed by atoms with Crippen LogP contribution in [0.3, 0.4) is 0 Å². The number of nitrogens with one attached hydrogen (secondary N) is 2. The molecule has 1 unspecified atom stereocenters. The summed E-state index contributed by atoms with van der Waals surface area (Å²) >= 11 is 0. The van der Waals surface area contributed by atoms with Crippen molar-refractivity contribution in [2.45, 2.75) is 64.5 Å². The molecule has 2 heterocycles. The molecule has 0 aliphatic carbocycles. The highest BCUT2D eigenvalue weighted by atomic mass is 31.2. The second-order valence-electron chi connectivity index (χ2n) is 9.85. The molecule has 0 aliphatic rings. The van der Waals surface area contributed by atoms with Crippen LogP contribution in [-0.2, 0) is 25.4 Å². The molecule has 0 bridgehead atoms. The predicted molar refractivity (Wildman–Crippen MR) is 146 cm³/mol. The number of hydrogen-bond acceptors (Lipinski definition) is 8. The summed E-state index contributed by atoms with van der Waals surface area (Å²) in [5.74, 6) is -0.610. The van der Waals surface area contributed by atoms with Crippen LogP contribution >= 0.6 is 7.44 Å².